The largest absolute Gasteiger partial charge is 0.508 e. The number of phenolic OH excluding ortho intramolecular Hbond substituents is 1. The third-order valence-electron chi connectivity index (χ3n) is 5.67. The third-order valence-corrected chi connectivity index (χ3v) is 5.67. The van der Waals surface area contributed by atoms with Crippen molar-refractivity contribution < 1.29 is 14.2 Å². The molecule has 5 heteroatoms. The number of nitrogens with zero attached hydrogens (tertiary/aromatic N) is 2. The second kappa shape index (κ2) is 10.3. The average Bonchev–Trinajstić information content (AvgIpc) is 2.75. The van der Waals surface area contributed by atoms with Crippen LogP contribution < -0.4 is 9.64 Å². The van der Waals surface area contributed by atoms with Gasteiger partial charge < -0.3 is 14.7 Å². The predicted molar refractivity (Wildman–Crippen MR) is 117 cm³/mol. The fourth-order valence-corrected chi connectivity index (χ4v) is 3.93. The number of aromatic hydroxyl groups is 1. The fourth-order valence-electron chi connectivity index (χ4n) is 3.93. The van der Waals surface area contributed by atoms with Crippen LogP contribution in [0.1, 0.15) is 31.2 Å². The highest BCUT2D eigenvalue weighted by atomic mass is 19.1. The molecule has 1 fully saturated rings. The topological polar surface area (TPSA) is 35.9 Å². The van der Waals surface area contributed by atoms with Crippen LogP contribution in [0.3, 0.4) is 0 Å². The van der Waals surface area contributed by atoms with Crippen LogP contribution in [-0.2, 0) is 0 Å². The molecule has 1 unspecified atom stereocenters. The van der Waals surface area contributed by atoms with Crippen LogP contribution in [0, 0.1) is 5.82 Å². The number of allylic oxidation sites excluding steroid dienone is 2. The summed E-state index contributed by atoms with van der Waals surface area (Å²) in [5.41, 5.74) is 2.24. The molecule has 0 saturated carbocycles. The van der Waals surface area contributed by atoms with E-state index >= 15 is 0 Å². The molecule has 1 aliphatic heterocycles. The Bertz CT molecular complexity index is 799. The number of piperazine rings is 1. The lowest BCUT2D eigenvalue weighted by Crippen LogP contribution is -2.46. The van der Waals surface area contributed by atoms with Gasteiger partial charge in [-0.2, -0.15) is 0 Å². The second-order valence-corrected chi connectivity index (χ2v) is 7.53. The maximum Gasteiger partial charge on any atom is 0.145 e. The maximum absolute atomic E-state index is 13.5. The lowest BCUT2D eigenvalue weighted by Gasteiger charge is -2.37. The van der Waals surface area contributed by atoms with Gasteiger partial charge in [0.1, 0.15) is 17.3 Å². The van der Waals surface area contributed by atoms with E-state index < -0.39 is 0 Å². The van der Waals surface area contributed by atoms with Gasteiger partial charge in [-0.1, -0.05) is 24.3 Å². The quantitative estimate of drug-likeness (QED) is 0.648. The molecule has 1 atom stereocenters. The zero-order valence-corrected chi connectivity index (χ0v) is 17.4. The minimum Gasteiger partial charge on any atom is -0.508 e. The number of methoxy groups -OCH3 is 1. The minimum absolute atomic E-state index is 0.273. The van der Waals surface area contributed by atoms with E-state index in [1.807, 2.05) is 18.2 Å². The molecule has 1 N–H and O–H groups in total. The van der Waals surface area contributed by atoms with Gasteiger partial charge in [0.15, 0.2) is 0 Å². The Morgan fingerprint density at radius 1 is 1.10 bits per heavy atom. The number of halogens is 1. The highest BCUT2D eigenvalue weighted by Crippen LogP contribution is 2.30. The van der Waals surface area contributed by atoms with Gasteiger partial charge in [0.2, 0.25) is 0 Å². The van der Waals surface area contributed by atoms with E-state index in [0.29, 0.717) is 17.4 Å². The van der Waals surface area contributed by atoms with Gasteiger partial charge in [-0.05, 0) is 62.1 Å². The summed E-state index contributed by atoms with van der Waals surface area (Å²) in [6.07, 6.45) is 6.40. The first-order chi connectivity index (χ1) is 14.1. The summed E-state index contributed by atoms with van der Waals surface area (Å²) < 4.78 is 18.8. The first-order valence-corrected chi connectivity index (χ1v) is 10.3. The van der Waals surface area contributed by atoms with Crippen LogP contribution in [0.5, 0.6) is 11.5 Å². The van der Waals surface area contributed by atoms with Crippen LogP contribution in [0.2, 0.25) is 0 Å². The van der Waals surface area contributed by atoms with Crippen LogP contribution >= 0.6 is 0 Å². The smallest absolute Gasteiger partial charge is 0.145 e. The molecular formula is C24H31FN2O2. The number of ether oxygens (including phenoxy) is 1. The molecule has 0 spiro atoms. The Morgan fingerprint density at radius 3 is 2.48 bits per heavy atom. The molecule has 29 heavy (non-hydrogen) atoms. The standard InChI is InChI=1S/C24H31FN2O2/c1-3-4-5-19(20-6-9-22(28)10-7-20)12-13-26-14-16-27(17-15-26)23-11-8-21(25)18-24(23)29-2/h3-4,6-11,18-19,28H,5,12-17H2,1-2H3/b4-3+. The van der Waals surface area contributed by atoms with Crippen molar-refractivity contribution in [3.8, 4) is 11.5 Å². The molecule has 0 radical (unpaired) electrons. The zero-order valence-electron chi connectivity index (χ0n) is 17.4. The molecule has 0 aliphatic carbocycles. The molecule has 2 aromatic carbocycles. The number of rotatable bonds is 8. The van der Waals surface area contributed by atoms with Crippen molar-refractivity contribution in [1.29, 1.82) is 0 Å². The SMILES string of the molecule is C/C=C/CC(CCN1CCN(c2ccc(F)cc2OC)CC1)c1ccc(O)cc1. The van der Waals surface area contributed by atoms with Gasteiger partial charge in [-0.25, -0.2) is 4.39 Å². The highest BCUT2D eigenvalue weighted by Gasteiger charge is 2.21. The zero-order chi connectivity index (χ0) is 20.6. The van der Waals surface area contributed by atoms with Crippen molar-refractivity contribution in [2.75, 3.05) is 44.7 Å². The predicted octanol–water partition coefficient (Wildman–Crippen LogP) is 4.80. The molecule has 4 nitrogen and oxygen atoms in total. The lowest BCUT2D eigenvalue weighted by atomic mass is 9.92. The van der Waals surface area contributed by atoms with E-state index in [0.717, 1.165) is 51.3 Å². The number of hydrogen-bond acceptors (Lipinski definition) is 4. The molecule has 1 saturated heterocycles. The molecule has 2 aromatic rings. The van der Waals surface area contributed by atoms with E-state index in [1.165, 1.54) is 17.7 Å². The van der Waals surface area contributed by atoms with Gasteiger partial charge >= 0.3 is 0 Å². The summed E-state index contributed by atoms with van der Waals surface area (Å²) in [5.74, 6) is 1.08. The maximum atomic E-state index is 13.5. The molecule has 1 heterocycles. The lowest BCUT2D eigenvalue weighted by molar-refractivity contribution is 0.247. The summed E-state index contributed by atoms with van der Waals surface area (Å²) >= 11 is 0. The van der Waals surface area contributed by atoms with Crippen molar-refractivity contribution in [2.45, 2.75) is 25.7 Å². The van der Waals surface area contributed by atoms with E-state index in [4.69, 9.17) is 4.74 Å². The van der Waals surface area contributed by atoms with Crippen molar-refractivity contribution in [3.05, 3.63) is 66.0 Å². The third kappa shape index (κ3) is 5.73. The van der Waals surface area contributed by atoms with Gasteiger partial charge in [0.25, 0.3) is 0 Å². The van der Waals surface area contributed by atoms with E-state index in [2.05, 4.69) is 28.9 Å². The molecule has 0 bridgehead atoms. The molecule has 156 valence electrons. The first kappa shape index (κ1) is 21.2. The fraction of sp³-hybridized carbons (Fsp3) is 0.417. The molecule has 0 amide bonds. The van der Waals surface area contributed by atoms with Crippen molar-refractivity contribution in [2.24, 2.45) is 0 Å². The normalized spacial score (nSPS) is 16.3. The Labute approximate surface area is 173 Å². The first-order valence-electron chi connectivity index (χ1n) is 10.3. The number of phenols is 1. The average molecular weight is 399 g/mol. The summed E-state index contributed by atoms with van der Waals surface area (Å²) in [4.78, 5) is 4.77. The number of hydrogen-bond donors (Lipinski definition) is 1. The summed E-state index contributed by atoms with van der Waals surface area (Å²) in [5, 5.41) is 9.56. The summed E-state index contributed by atoms with van der Waals surface area (Å²) in [6.45, 7) is 6.86. The van der Waals surface area contributed by atoms with E-state index in [-0.39, 0.29) is 5.82 Å². The van der Waals surface area contributed by atoms with Crippen molar-refractivity contribution >= 4 is 5.69 Å². The second-order valence-electron chi connectivity index (χ2n) is 7.53. The van der Waals surface area contributed by atoms with E-state index in [1.54, 1.807) is 19.2 Å². The Morgan fingerprint density at radius 2 is 1.83 bits per heavy atom. The number of anilines is 1. The van der Waals surface area contributed by atoms with Crippen LogP contribution in [0.15, 0.2) is 54.6 Å². The van der Waals surface area contributed by atoms with Gasteiger partial charge in [-0.3, -0.25) is 4.90 Å². The Balaban J connectivity index is 1.56. The molecule has 0 aromatic heterocycles. The molecule has 3 rings (SSSR count). The van der Waals surface area contributed by atoms with Crippen molar-refractivity contribution in [3.63, 3.8) is 0 Å². The van der Waals surface area contributed by atoms with Gasteiger partial charge in [-0.15, -0.1) is 0 Å². The molecular weight excluding hydrogens is 367 g/mol. The van der Waals surface area contributed by atoms with Crippen LogP contribution in [0.25, 0.3) is 0 Å². The van der Waals surface area contributed by atoms with Gasteiger partial charge in [0, 0.05) is 32.2 Å². The minimum atomic E-state index is -0.273. The number of benzene rings is 2. The highest BCUT2D eigenvalue weighted by molar-refractivity contribution is 5.59. The monoisotopic (exact) mass is 398 g/mol. The van der Waals surface area contributed by atoms with Crippen LogP contribution in [-0.4, -0.2) is 49.8 Å². The van der Waals surface area contributed by atoms with Crippen molar-refractivity contribution in [1.82, 2.24) is 4.90 Å². The Hall–Kier alpha value is -2.53. The van der Waals surface area contributed by atoms with Gasteiger partial charge in [0.05, 0.1) is 12.8 Å². The van der Waals surface area contributed by atoms with E-state index in [9.17, 15) is 9.50 Å². The van der Waals surface area contributed by atoms with Crippen LogP contribution in [0.4, 0.5) is 10.1 Å². The Kier molecular flexibility index (Phi) is 7.53. The summed E-state index contributed by atoms with van der Waals surface area (Å²) in [7, 11) is 1.59. The summed E-state index contributed by atoms with van der Waals surface area (Å²) in [6, 6.07) is 12.4. The molecule has 1 aliphatic rings.